The van der Waals surface area contributed by atoms with Crippen LogP contribution in [0.3, 0.4) is 0 Å². The van der Waals surface area contributed by atoms with Crippen molar-refractivity contribution in [2.75, 3.05) is 28.9 Å². The summed E-state index contributed by atoms with van der Waals surface area (Å²) < 4.78 is 11.1. The van der Waals surface area contributed by atoms with E-state index in [4.69, 9.17) is 9.47 Å². The van der Waals surface area contributed by atoms with Gasteiger partial charge in [-0.3, -0.25) is 14.6 Å². The molecule has 0 saturated heterocycles. The number of ether oxygens (including phenoxy) is 2. The Morgan fingerprint density at radius 3 is 2.12 bits per heavy atom. The minimum Gasteiger partial charge on any atom is -0.495 e. The van der Waals surface area contributed by atoms with E-state index >= 15 is 0 Å². The summed E-state index contributed by atoms with van der Waals surface area (Å²) in [7, 11) is 3.14. The molecule has 0 bridgehead atoms. The first-order chi connectivity index (χ1) is 20.1. The van der Waals surface area contributed by atoms with E-state index in [-0.39, 0.29) is 12.3 Å². The third kappa shape index (κ3) is 6.20. The third-order valence-electron chi connectivity index (χ3n) is 6.87. The van der Waals surface area contributed by atoms with Crippen molar-refractivity contribution in [2.24, 2.45) is 0 Å². The summed E-state index contributed by atoms with van der Waals surface area (Å²) in [5.41, 5.74) is 3.38. The van der Waals surface area contributed by atoms with E-state index in [2.05, 4.69) is 39.1 Å². The van der Waals surface area contributed by atoms with Crippen LogP contribution in [0.4, 0.5) is 27.8 Å². The van der Waals surface area contributed by atoms with Gasteiger partial charge in [0, 0.05) is 25.7 Å². The average Bonchev–Trinajstić information content (AvgIpc) is 3.32. The first-order valence-corrected chi connectivity index (χ1v) is 13.8. The number of anilines is 4. The Kier molecular flexibility index (Phi) is 8.10. The first kappa shape index (κ1) is 28.6. The zero-order valence-corrected chi connectivity index (χ0v) is 24.6. The van der Waals surface area contributed by atoms with Crippen LogP contribution in [-0.2, 0) is 29.0 Å². The van der Waals surface area contributed by atoms with Gasteiger partial charge in [0.25, 0.3) is 0 Å². The van der Waals surface area contributed by atoms with E-state index in [1.165, 1.54) is 18.3 Å². The average molecular weight is 566 g/mol. The predicted octanol–water partition coefficient (Wildman–Crippen LogP) is 6.28. The molecule has 9 heteroatoms. The lowest BCUT2D eigenvalue weighted by molar-refractivity contribution is -0.116. The number of methoxy groups -OCH3 is 1. The molecule has 0 aliphatic carbocycles. The summed E-state index contributed by atoms with van der Waals surface area (Å²) in [6.45, 7) is 6.65. The Labute approximate surface area is 246 Å². The molecule has 1 aliphatic rings. The van der Waals surface area contributed by atoms with Crippen LogP contribution < -0.4 is 19.4 Å². The van der Waals surface area contributed by atoms with Crippen LogP contribution in [-0.4, -0.2) is 41.7 Å². The number of nitrogens with zero attached hydrogens (tertiary/aromatic N) is 5. The van der Waals surface area contributed by atoms with Crippen molar-refractivity contribution in [3.05, 3.63) is 102 Å². The molecule has 9 nitrogen and oxygen atoms in total. The van der Waals surface area contributed by atoms with E-state index in [0.717, 1.165) is 16.7 Å². The highest BCUT2D eigenvalue weighted by atomic mass is 16.6. The molecule has 0 saturated carbocycles. The second-order valence-corrected chi connectivity index (χ2v) is 11.1. The molecule has 0 spiro atoms. The largest absolute Gasteiger partial charge is 0.495 e. The Bertz CT molecular complexity index is 1530. The monoisotopic (exact) mass is 565 g/mol. The fraction of sp³-hybridized carbons (Fsp3) is 0.273. The van der Waals surface area contributed by atoms with E-state index in [0.29, 0.717) is 41.8 Å². The van der Waals surface area contributed by atoms with Crippen molar-refractivity contribution >= 4 is 35.0 Å². The lowest BCUT2D eigenvalue weighted by atomic mass is 10.1. The Morgan fingerprint density at radius 1 is 0.929 bits per heavy atom. The molecule has 2 amide bonds. The second kappa shape index (κ2) is 11.9. The van der Waals surface area contributed by atoms with E-state index in [1.807, 2.05) is 57.2 Å². The third-order valence-corrected chi connectivity index (χ3v) is 6.87. The number of hydrogen-bond acceptors (Lipinski definition) is 7. The van der Waals surface area contributed by atoms with Crippen molar-refractivity contribution in [2.45, 2.75) is 45.9 Å². The number of aromatic nitrogens is 2. The van der Waals surface area contributed by atoms with Gasteiger partial charge in [-0.05, 0) is 50.1 Å². The summed E-state index contributed by atoms with van der Waals surface area (Å²) in [5, 5.41) is 0. The van der Waals surface area contributed by atoms with Gasteiger partial charge < -0.3 is 14.4 Å². The maximum absolute atomic E-state index is 13.6. The summed E-state index contributed by atoms with van der Waals surface area (Å²) >= 11 is 0. The lowest BCUT2D eigenvalue weighted by Crippen LogP contribution is -2.34. The second-order valence-electron chi connectivity index (χ2n) is 11.1. The molecule has 3 aromatic carbocycles. The molecule has 5 rings (SSSR count). The van der Waals surface area contributed by atoms with Crippen molar-refractivity contribution in [1.82, 2.24) is 9.97 Å². The highest BCUT2D eigenvalue weighted by Crippen LogP contribution is 2.41. The van der Waals surface area contributed by atoms with Crippen molar-refractivity contribution in [3.63, 3.8) is 0 Å². The molecule has 216 valence electrons. The highest BCUT2D eigenvalue weighted by molar-refractivity contribution is 6.08. The maximum atomic E-state index is 13.6. The molecule has 2 heterocycles. The number of rotatable bonds is 8. The van der Waals surface area contributed by atoms with Crippen LogP contribution in [0.5, 0.6) is 5.75 Å². The van der Waals surface area contributed by atoms with Gasteiger partial charge in [0.1, 0.15) is 29.3 Å². The summed E-state index contributed by atoms with van der Waals surface area (Å²) in [5.74, 6) is 1.57. The Balaban J connectivity index is 1.53. The van der Waals surface area contributed by atoms with E-state index < -0.39 is 11.7 Å². The Morgan fingerprint density at radius 2 is 1.55 bits per heavy atom. The SMILES string of the molecule is COc1ccc(N2C(=O)Cc3c(N(Cc4ccccc4)Cc4ccccc4)ncnc32)cc1N(C)C(=O)OC(C)(C)C. The fourth-order valence-electron chi connectivity index (χ4n) is 4.95. The van der Waals surface area contributed by atoms with Gasteiger partial charge in [-0.2, -0.15) is 0 Å². The molecule has 4 aromatic rings. The zero-order valence-electron chi connectivity index (χ0n) is 24.6. The lowest BCUT2D eigenvalue weighted by Gasteiger charge is -2.27. The topological polar surface area (TPSA) is 88.1 Å². The van der Waals surface area contributed by atoms with Crippen molar-refractivity contribution in [1.29, 1.82) is 0 Å². The molecular weight excluding hydrogens is 530 g/mol. The number of carbonyl (C=O) groups excluding carboxylic acids is 2. The number of amides is 2. The molecule has 1 aliphatic heterocycles. The van der Waals surface area contributed by atoms with Crippen LogP contribution in [0.15, 0.2) is 85.2 Å². The van der Waals surface area contributed by atoms with Gasteiger partial charge in [0.05, 0.1) is 24.9 Å². The minimum absolute atomic E-state index is 0.137. The van der Waals surface area contributed by atoms with E-state index in [9.17, 15) is 9.59 Å². The molecule has 0 N–H and O–H groups in total. The maximum Gasteiger partial charge on any atom is 0.414 e. The van der Waals surface area contributed by atoms with Crippen LogP contribution in [0.25, 0.3) is 0 Å². The minimum atomic E-state index is -0.668. The molecule has 0 unspecified atom stereocenters. The number of fused-ring (bicyclic) bond motifs is 1. The predicted molar refractivity (Wildman–Crippen MR) is 163 cm³/mol. The van der Waals surface area contributed by atoms with Crippen LogP contribution in [0.1, 0.15) is 37.5 Å². The molecule has 0 atom stereocenters. The first-order valence-electron chi connectivity index (χ1n) is 13.8. The number of hydrogen-bond donors (Lipinski definition) is 0. The highest BCUT2D eigenvalue weighted by Gasteiger charge is 2.35. The zero-order chi connectivity index (χ0) is 29.9. The summed E-state index contributed by atoms with van der Waals surface area (Å²) in [4.78, 5) is 40.8. The van der Waals surface area contributed by atoms with Gasteiger partial charge in [0.15, 0.2) is 0 Å². The van der Waals surface area contributed by atoms with Gasteiger partial charge >= 0.3 is 6.09 Å². The van der Waals surface area contributed by atoms with Crippen LogP contribution in [0, 0.1) is 0 Å². The smallest absolute Gasteiger partial charge is 0.414 e. The molecule has 1 aromatic heterocycles. The van der Waals surface area contributed by atoms with E-state index in [1.54, 1.807) is 30.1 Å². The van der Waals surface area contributed by atoms with Gasteiger partial charge in [-0.1, -0.05) is 60.7 Å². The summed E-state index contributed by atoms with van der Waals surface area (Å²) in [6.07, 6.45) is 1.11. The summed E-state index contributed by atoms with van der Waals surface area (Å²) in [6, 6.07) is 25.6. The molecule has 0 fully saturated rings. The number of carbonyl (C=O) groups is 2. The van der Waals surface area contributed by atoms with Crippen LogP contribution in [0.2, 0.25) is 0 Å². The van der Waals surface area contributed by atoms with Gasteiger partial charge in [-0.15, -0.1) is 0 Å². The van der Waals surface area contributed by atoms with Crippen molar-refractivity contribution in [3.8, 4) is 5.75 Å². The van der Waals surface area contributed by atoms with Gasteiger partial charge in [-0.25, -0.2) is 14.8 Å². The van der Waals surface area contributed by atoms with Gasteiger partial charge in [0.2, 0.25) is 5.91 Å². The molecule has 0 radical (unpaired) electrons. The molecule has 42 heavy (non-hydrogen) atoms. The Hall–Kier alpha value is -4.92. The van der Waals surface area contributed by atoms with Crippen LogP contribution >= 0.6 is 0 Å². The number of benzene rings is 3. The standard InChI is InChI=1S/C33H35N5O4/c1-33(2,3)42-32(40)36(4)27-18-25(16-17-28(27)41-5)38-29(39)19-26-30(34-22-35-31(26)38)37(20-23-12-8-6-9-13-23)21-24-14-10-7-11-15-24/h6-18,22H,19-21H2,1-5H3. The normalized spacial score (nSPS) is 12.6. The fourth-order valence-corrected chi connectivity index (χ4v) is 4.95. The quantitative estimate of drug-likeness (QED) is 0.248. The molecular formula is C33H35N5O4. The van der Waals surface area contributed by atoms with Crippen molar-refractivity contribution < 1.29 is 19.1 Å².